The first-order valence-corrected chi connectivity index (χ1v) is 6.22. The predicted octanol–water partition coefficient (Wildman–Crippen LogP) is 2.77. The summed E-state index contributed by atoms with van der Waals surface area (Å²) in [5.74, 6) is 0. The van der Waals surface area contributed by atoms with Crippen LogP contribution in [0, 0.1) is 6.92 Å². The van der Waals surface area contributed by atoms with Crippen LogP contribution in [0.1, 0.15) is 36.9 Å². The van der Waals surface area contributed by atoms with E-state index in [4.69, 9.17) is 0 Å². The van der Waals surface area contributed by atoms with Crippen LogP contribution in [0.5, 0.6) is 0 Å². The molecule has 0 saturated carbocycles. The Balaban J connectivity index is 2.31. The van der Waals surface area contributed by atoms with Gasteiger partial charge in [0.25, 0.3) is 0 Å². The van der Waals surface area contributed by atoms with Gasteiger partial charge in [0.05, 0.1) is 10.7 Å². The van der Waals surface area contributed by atoms with Gasteiger partial charge in [-0.1, -0.05) is 13.3 Å². The Morgan fingerprint density at radius 2 is 2.29 bits per heavy atom. The molecule has 0 aliphatic heterocycles. The van der Waals surface area contributed by atoms with E-state index in [1.165, 1.54) is 30.0 Å². The second kappa shape index (κ2) is 6.14. The van der Waals surface area contributed by atoms with Crippen LogP contribution in [0.2, 0.25) is 0 Å². The third kappa shape index (κ3) is 3.76. The van der Waals surface area contributed by atoms with Gasteiger partial charge in [0, 0.05) is 11.4 Å². The van der Waals surface area contributed by atoms with Gasteiger partial charge in [-0.3, -0.25) is 0 Å². The number of nitrogens with zero attached hydrogens (tertiary/aromatic N) is 1. The summed E-state index contributed by atoms with van der Waals surface area (Å²) >= 11 is 1.75. The van der Waals surface area contributed by atoms with Crippen LogP contribution in [0.3, 0.4) is 0 Å². The molecule has 1 atom stereocenters. The normalized spacial score (nSPS) is 13.1. The summed E-state index contributed by atoms with van der Waals surface area (Å²) in [5.41, 5.74) is 1.25. The molecular weight excluding hydrogens is 192 g/mol. The molecule has 0 aliphatic carbocycles. The summed E-state index contributed by atoms with van der Waals surface area (Å²) in [6.45, 7) is 4.30. The molecule has 0 saturated heterocycles. The van der Waals surface area contributed by atoms with Crippen molar-refractivity contribution >= 4 is 11.3 Å². The molecule has 0 aliphatic rings. The maximum absolute atomic E-state index is 4.47. The SMILES string of the molecule is CCCC(CCc1csc(C)n1)NC. The lowest BCUT2D eigenvalue weighted by Crippen LogP contribution is -2.25. The Morgan fingerprint density at radius 3 is 2.79 bits per heavy atom. The van der Waals surface area contributed by atoms with Crippen molar-refractivity contribution in [1.82, 2.24) is 10.3 Å². The van der Waals surface area contributed by atoms with Gasteiger partial charge in [0.2, 0.25) is 0 Å². The van der Waals surface area contributed by atoms with E-state index in [-0.39, 0.29) is 0 Å². The molecule has 3 heteroatoms. The standard InChI is InChI=1S/C11H20N2S/c1-4-5-10(12-3)6-7-11-8-14-9(2)13-11/h8,10,12H,4-7H2,1-3H3. The van der Waals surface area contributed by atoms with Gasteiger partial charge in [0.15, 0.2) is 0 Å². The molecule has 2 nitrogen and oxygen atoms in total. The minimum absolute atomic E-state index is 0.655. The lowest BCUT2D eigenvalue weighted by atomic mass is 10.1. The predicted molar refractivity (Wildman–Crippen MR) is 62.9 cm³/mol. The average molecular weight is 212 g/mol. The Morgan fingerprint density at radius 1 is 1.50 bits per heavy atom. The molecule has 1 N–H and O–H groups in total. The maximum atomic E-state index is 4.47. The highest BCUT2D eigenvalue weighted by Crippen LogP contribution is 2.12. The van der Waals surface area contributed by atoms with Crippen molar-refractivity contribution < 1.29 is 0 Å². The van der Waals surface area contributed by atoms with Crippen molar-refractivity contribution in [3.63, 3.8) is 0 Å². The van der Waals surface area contributed by atoms with Crippen molar-refractivity contribution in [1.29, 1.82) is 0 Å². The number of thiazole rings is 1. The minimum atomic E-state index is 0.655. The highest BCUT2D eigenvalue weighted by molar-refractivity contribution is 7.09. The molecular formula is C11H20N2S. The number of aromatic nitrogens is 1. The van der Waals surface area contributed by atoms with Gasteiger partial charge in [-0.25, -0.2) is 4.98 Å². The Kier molecular flexibility index (Phi) is 5.12. The zero-order valence-corrected chi connectivity index (χ0v) is 10.2. The molecule has 0 spiro atoms. The highest BCUT2D eigenvalue weighted by atomic mass is 32.1. The molecule has 0 aromatic carbocycles. The van der Waals surface area contributed by atoms with E-state index >= 15 is 0 Å². The fourth-order valence-electron chi connectivity index (χ4n) is 1.63. The molecule has 1 unspecified atom stereocenters. The first-order chi connectivity index (χ1) is 6.76. The average Bonchev–Trinajstić information content (AvgIpc) is 2.59. The van der Waals surface area contributed by atoms with Crippen LogP contribution in [0.15, 0.2) is 5.38 Å². The molecule has 1 rings (SSSR count). The van der Waals surface area contributed by atoms with Gasteiger partial charge in [-0.05, 0) is 33.2 Å². The van der Waals surface area contributed by atoms with Crippen molar-refractivity contribution in [3.05, 3.63) is 16.1 Å². The second-order valence-corrected chi connectivity index (χ2v) is 4.73. The smallest absolute Gasteiger partial charge is 0.0897 e. The monoisotopic (exact) mass is 212 g/mol. The summed E-state index contributed by atoms with van der Waals surface area (Å²) < 4.78 is 0. The van der Waals surface area contributed by atoms with E-state index < -0.39 is 0 Å². The summed E-state index contributed by atoms with van der Waals surface area (Å²) in [7, 11) is 2.05. The van der Waals surface area contributed by atoms with Crippen molar-refractivity contribution in [3.8, 4) is 0 Å². The van der Waals surface area contributed by atoms with Gasteiger partial charge in [0.1, 0.15) is 0 Å². The van der Waals surface area contributed by atoms with Crippen LogP contribution >= 0.6 is 11.3 Å². The largest absolute Gasteiger partial charge is 0.317 e. The lowest BCUT2D eigenvalue weighted by molar-refractivity contribution is 0.482. The van der Waals surface area contributed by atoms with E-state index in [0.29, 0.717) is 6.04 Å². The van der Waals surface area contributed by atoms with E-state index in [0.717, 1.165) is 6.42 Å². The zero-order chi connectivity index (χ0) is 10.4. The van der Waals surface area contributed by atoms with Crippen LogP contribution in [0.4, 0.5) is 0 Å². The Hall–Kier alpha value is -0.410. The highest BCUT2D eigenvalue weighted by Gasteiger charge is 2.06. The fourth-order valence-corrected chi connectivity index (χ4v) is 2.27. The van der Waals surface area contributed by atoms with Crippen LogP contribution in [-0.4, -0.2) is 18.1 Å². The van der Waals surface area contributed by atoms with Crippen molar-refractivity contribution in [2.75, 3.05) is 7.05 Å². The number of hydrogen-bond donors (Lipinski definition) is 1. The Bertz CT molecular complexity index is 258. The van der Waals surface area contributed by atoms with Gasteiger partial charge >= 0.3 is 0 Å². The fraction of sp³-hybridized carbons (Fsp3) is 0.727. The van der Waals surface area contributed by atoms with E-state index in [1.807, 2.05) is 7.05 Å². The van der Waals surface area contributed by atoms with Crippen LogP contribution in [-0.2, 0) is 6.42 Å². The number of nitrogens with one attached hydrogen (secondary N) is 1. The first kappa shape index (κ1) is 11.7. The number of aryl methyl sites for hydroxylation is 2. The molecule has 80 valence electrons. The van der Waals surface area contributed by atoms with Gasteiger partial charge in [-0.15, -0.1) is 11.3 Å². The third-order valence-corrected chi connectivity index (χ3v) is 3.28. The van der Waals surface area contributed by atoms with Crippen LogP contribution < -0.4 is 5.32 Å². The maximum Gasteiger partial charge on any atom is 0.0897 e. The summed E-state index contributed by atoms with van der Waals surface area (Å²) in [4.78, 5) is 4.47. The topological polar surface area (TPSA) is 24.9 Å². The molecule has 0 bridgehead atoms. The Labute approximate surface area is 90.8 Å². The molecule has 0 amide bonds. The van der Waals surface area contributed by atoms with E-state index in [9.17, 15) is 0 Å². The number of hydrogen-bond acceptors (Lipinski definition) is 3. The molecule has 1 aromatic heterocycles. The first-order valence-electron chi connectivity index (χ1n) is 5.34. The second-order valence-electron chi connectivity index (χ2n) is 3.67. The van der Waals surface area contributed by atoms with Gasteiger partial charge < -0.3 is 5.32 Å². The van der Waals surface area contributed by atoms with E-state index in [1.54, 1.807) is 11.3 Å². The van der Waals surface area contributed by atoms with Crippen molar-refractivity contribution in [2.45, 2.75) is 45.6 Å². The molecule has 14 heavy (non-hydrogen) atoms. The summed E-state index contributed by atoms with van der Waals surface area (Å²) in [6, 6.07) is 0.655. The van der Waals surface area contributed by atoms with Crippen molar-refractivity contribution in [2.24, 2.45) is 0 Å². The quantitative estimate of drug-likeness (QED) is 0.784. The third-order valence-electron chi connectivity index (χ3n) is 2.46. The van der Waals surface area contributed by atoms with Gasteiger partial charge in [-0.2, -0.15) is 0 Å². The van der Waals surface area contributed by atoms with E-state index in [2.05, 4.69) is 29.5 Å². The zero-order valence-electron chi connectivity index (χ0n) is 9.34. The van der Waals surface area contributed by atoms with Crippen LogP contribution in [0.25, 0.3) is 0 Å². The summed E-state index contributed by atoms with van der Waals surface area (Å²) in [5, 5.41) is 6.71. The summed E-state index contributed by atoms with van der Waals surface area (Å²) in [6.07, 6.45) is 4.82. The molecule has 0 fully saturated rings. The molecule has 0 radical (unpaired) electrons. The minimum Gasteiger partial charge on any atom is -0.317 e. The lowest BCUT2D eigenvalue weighted by Gasteiger charge is -2.13. The molecule has 1 heterocycles. The number of rotatable bonds is 6. The molecule has 1 aromatic rings.